The quantitative estimate of drug-likeness (QED) is 0.916. The lowest BCUT2D eigenvalue weighted by molar-refractivity contribution is 0.174. The summed E-state index contributed by atoms with van der Waals surface area (Å²) < 4.78 is 17.3. The van der Waals surface area contributed by atoms with Crippen LogP contribution in [0.1, 0.15) is 17.2 Å². The van der Waals surface area contributed by atoms with E-state index < -0.39 is 0 Å². The Morgan fingerprint density at radius 2 is 1.95 bits per heavy atom. The second-order valence-corrected chi connectivity index (χ2v) is 5.64. The van der Waals surface area contributed by atoms with Crippen LogP contribution in [0, 0.1) is 0 Å². The highest BCUT2D eigenvalue weighted by molar-refractivity contribution is 9.10. The van der Waals surface area contributed by atoms with Crippen molar-refractivity contribution in [3.8, 4) is 17.2 Å². The van der Waals surface area contributed by atoms with Crippen LogP contribution in [0.25, 0.3) is 0 Å². The van der Waals surface area contributed by atoms with E-state index in [1.165, 1.54) is 0 Å². The molecule has 110 valence electrons. The van der Waals surface area contributed by atoms with E-state index in [2.05, 4.69) is 27.3 Å². The topological polar surface area (TPSA) is 39.7 Å². The summed E-state index contributed by atoms with van der Waals surface area (Å²) in [7, 11) is 3.61. The van der Waals surface area contributed by atoms with Gasteiger partial charge in [-0.25, -0.2) is 0 Å². The van der Waals surface area contributed by atoms with Crippen LogP contribution in [0.2, 0.25) is 0 Å². The lowest BCUT2D eigenvalue weighted by atomic mass is 9.97. The average molecular weight is 350 g/mol. The van der Waals surface area contributed by atoms with Crippen molar-refractivity contribution < 1.29 is 14.2 Å². The first-order valence-electron chi connectivity index (χ1n) is 6.63. The number of rotatable bonds is 4. The van der Waals surface area contributed by atoms with Gasteiger partial charge in [-0.15, -0.1) is 0 Å². The highest BCUT2D eigenvalue weighted by atomic mass is 79.9. The Morgan fingerprint density at radius 3 is 2.71 bits per heavy atom. The summed E-state index contributed by atoms with van der Waals surface area (Å²) in [5.41, 5.74) is 2.16. The van der Waals surface area contributed by atoms with Crippen molar-refractivity contribution in [3.63, 3.8) is 0 Å². The van der Waals surface area contributed by atoms with E-state index in [1.807, 2.05) is 37.4 Å². The number of halogens is 1. The van der Waals surface area contributed by atoms with Crippen molar-refractivity contribution in [1.29, 1.82) is 0 Å². The minimum atomic E-state index is 0.00644. The van der Waals surface area contributed by atoms with Gasteiger partial charge in [0.15, 0.2) is 11.5 Å². The van der Waals surface area contributed by atoms with Crippen molar-refractivity contribution in [2.24, 2.45) is 0 Å². The van der Waals surface area contributed by atoms with Crippen molar-refractivity contribution in [2.75, 3.05) is 21.0 Å². The normalized spacial score (nSPS) is 14.0. The molecule has 3 rings (SSSR count). The van der Waals surface area contributed by atoms with E-state index in [-0.39, 0.29) is 12.8 Å². The van der Waals surface area contributed by atoms with Crippen molar-refractivity contribution >= 4 is 15.9 Å². The molecule has 0 bridgehead atoms. The Labute approximate surface area is 132 Å². The van der Waals surface area contributed by atoms with Crippen LogP contribution in [0.15, 0.2) is 40.9 Å². The Morgan fingerprint density at radius 1 is 1.14 bits per heavy atom. The number of benzene rings is 2. The second-order valence-electron chi connectivity index (χ2n) is 4.72. The number of hydrogen-bond acceptors (Lipinski definition) is 4. The van der Waals surface area contributed by atoms with E-state index in [9.17, 15) is 0 Å². The van der Waals surface area contributed by atoms with Crippen LogP contribution >= 0.6 is 15.9 Å². The highest BCUT2D eigenvalue weighted by Crippen LogP contribution is 2.38. The molecule has 0 saturated carbocycles. The summed E-state index contributed by atoms with van der Waals surface area (Å²) in [6.07, 6.45) is 0. The molecule has 1 N–H and O–H groups in total. The fourth-order valence-corrected chi connectivity index (χ4v) is 2.90. The van der Waals surface area contributed by atoms with Gasteiger partial charge in [0.25, 0.3) is 0 Å². The Balaban J connectivity index is 2.04. The van der Waals surface area contributed by atoms with Gasteiger partial charge in [-0.3, -0.25) is 0 Å². The number of ether oxygens (including phenoxy) is 3. The van der Waals surface area contributed by atoms with Crippen molar-refractivity contribution in [3.05, 3.63) is 52.0 Å². The van der Waals surface area contributed by atoms with Gasteiger partial charge in [0.2, 0.25) is 6.79 Å². The van der Waals surface area contributed by atoms with E-state index >= 15 is 0 Å². The molecule has 0 saturated heterocycles. The fourth-order valence-electron chi connectivity index (χ4n) is 2.53. The molecule has 1 unspecified atom stereocenters. The van der Waals surface area contributed by atoms with E-state index in [0.717, 1.165) is 32.8 Å². The molecule has 5 heteroatoms. The van der Waals surface area contributed by atoms with Crippen LogP contribution in [-0.4, -0.2) is 21.0 Å². The van der Waals surface area contributed by atoms with Crippen LogP contribution in [0.4, 0.5) is 0 Å². The van der Waals surface area contributed by atoms with E-state index in [4.69, 9.17) is 14.2 Å². The fraction of sp³-hybridized carbons (Fsp3) is 0.250. The molecule has 21 heavy (non-hydrogen) atoms. The number of methoxy groups -OCH3 is 1. The third-order valence-electron chi connectivity index (χ3n) is 3.52. The molecule has 1 atom stereocenters. The minimum Gasteiger partial charge on any atom is -0.496 e. The van der Waals surface area contributed by atoms with Crippen molar-refractivity contribution in [2.45, 2.75) is 6.04 Å². The van der Waals surface area contributed by atoms with Gasteiger partial charge >= 0.3 is 0 Å². The lowest BCUT2D eigenvalue weighted by Crippen LogP contribution is -2.18. The highest BCUT2D eigenvalue weighted by Gasteiger charge is 2.21. The molecule has 2 aromatic carbocycles. The predicted octanol–water partition coefficient (Wildman–Crippen LogP) is 3.50. The zero-order valence-corrected chi connectivity index (χ0v) is 13.4. The maximum atomic E-state index is 5.48. The summed E-state index contributed by atoms with van der Waals surface area (Å²) in [6.45, 7) is 0.281. The number of hydrogen-bond donors (Lipinski definition) is 1. The summed E-state index contributed by atoms with van der Waals surface area (Å²) in [4.78, 5) is 0. The van der Waals surface area contributed by atoms with Crippen molar-refractivity contribution in [1.82, 2.24) is 5.32 Å². The largest absolute Gasteiger partial charge is 0.496 e. The maximum Gasteiger partial charge on any atom is 0.231 e. The van der Waals surface area contributed by atoms with Crippen LogP contribution in [-0.2, 0) is 0 Å². The smallest absolute Gasteiger partial charge is 0.231 e. The predicted molar refractivity (Wildman–Crippen MR) is 84.2 cm³/mol. The lowest BCUT2D eigenvalue weighted by Gasteiger charge is -2.20. The zero-order chi connectivity index (χ0) is 14.8. The van der Waals surface area contributed by atoms with E-state index in [0.29, 0.717) is 0 Å². The molecule has 4 nitrogen and oxygen atoms in total. The molecule has 0 aromatic heterocycles. The molecule has 0 amide bonds. The van der Waals surface area contributed by atoms with Gasteiger partial charge in [-0.2, -0.15) is 0 Å². The van der Waals surface area contributed by atoms with Crippen LogP contribution in [0.5, 0.6) is 17.2 Å². The third kappa shape index (κ3) is 2.71. The van der Waals surface area contributed by atoms with Gasteiger partial charge in [-0.1, -0.05) is 22.0 Å². The van der Waals surface area contributed by atoms with Crippen LogP contribution < -0.4 is 19.5 Å². The number of fused-ring (bicyclic) bond motifs is 1. The Hall–Kier alpha value is -1.72. The molecule has 0 spiro atoms. The maximum absolute atomic E-state index is 5.48. The average Bonchev–Trinajstić information content (AvgIpc) is 2.96. The van der Waals surface area contributed by atoms with Crippen LogP contribution in [0.3, 0.4) is 0 Å². The van der Waals surface area contributed by atoms with Gasteiger partial charge in [-0.05, 0) is 42.9 Å². The standard InChI is InChI=1S/C16H16BrNO3/c1-18-16(12-8-11(17)4-6-13(12)19-2)10-3-5-14-15(7-10)21-9-20-14/h3-8,16,18H,9H2,1-2H3. The Bertz CT molecular complexity index is 660. The zero-order valence-electron chi connectivity index (χ0n) is 11.9. The summed E-state index contributed by atoms with van der Waals surface area (Å²) in [5, 5.41) is 3.33. The number of nitrogens with one attached hydrogen (secondary N) is 1. The first-order valence-corrected chi connectivity index (χ1v) is 7.42. The summed E-state index contributed by atoms with van der Waals surface area (Å²) >= 11 is 3.52. The molecule has 2 aromatic rings. The third-order valence-corrected chi connectivity index (χ3v) is 4.01. The molecule has 1 aliphatic heterocycles. The summed E-state index contributed by atoms with van der Waals surface area (Å²) in [5.74, 6) is 2.41. The SMILES string of the molecule is CNC(c1ccc2c(c1)OCO2)c1cc(Br)ccc1OC. The van der Waals surface area contributed by atoms with Gasteiger partial charge in [0.05, 0.1) is 13.2 Å². The molecule has 1 heterocycles. The molecule has 1 aliphatic rings. The first kappa shape index (κ1) is 14.2. The molecular formula is C16H16BrNO3. The van der Waals surface area contributed by atoms with E-state index in [1.54, 1.807) is 7.11 Å². The minimum absolute atomic E-state index is 0.00644. The van der Waals surface area contributed by atoms with Gasteiger partial charge < -0.3 is 19.5 Å². The molecule has 0 aliphatic carbocycles. The Kier molecular flexibility index (Phi) is 4.03. The molecular weight excluding hydrogens is 334 g/mol. The summed E-state index contributed by atoms with van der Waals surface area (Å²) in [6, 6.07) is 12.0. The van der Waals surface area contributed by atoms with Gasteiger partial charge in [0, 0.05) is 10.0 Å². The van der Waals surface area contributed by atoms with Gasteiger partial charge in [0.1, 0.15) is 5.75 Å². The second kappa shape index (κ2) is 5.95. The molecule has 0 radical (unpaired) electrons. The monoisotopic (exact) mass is 349 g/mol. The first-order chi connectivity index (χ1) is 10.2. The molecule has 0 fully saturated rings.